The van der Waals surface area contributed by atoms with Crippen LogP contribution in [-0.4, -0.2) is 50.1 Å². The zero-order chi connectivity index (χ0) is 15.4. The topological polar surface area (TPSA) is 65.7 Å². The number of thioether (sulfide) groups is 1. The number of aliphatic imine (C=N–C) groups is 1. The summed E-state index contributed by atoms with van der Waals surface area (Å²) < 4.78 is 1.89. The highest BCUT2D eigenvalue weighted by atomic mass is 32.2. The molecular weight excluding hydrogens is 298 g/mol. The van der Waals surface area contributed by atoms with Crippen molar-refractivity contribution in [2.75, 3.05) is 29.9 Å². The lowest BCUT2D eigenvalue weighted by Gasteiger charge is -2.29. The molecule has 0 bridgehead atoms. The minimum atomic E-state index is 0.252. The molecule has 0 atom stereocenters. The summed E-state index contributed by atoms with van der Waals surface area (Å²) in [4.78, 5) is 11.2. The van der Waals surface area contributed by atoms with Gasteiger partial charge in [-0.3, -0.25) is 0 Å². The maximum absolute atomic E-state index is 9.40. The van der Waals surface area contributed by atoms with E-state index in [9.17, 15) is 5.11 Å². The van der Waals surface area contributed by atoms with Gasteiger partial charge < -0.3 is 19.9 Å². The van der Waals surface area contributed by atoms with Crippen LogP contribution in [0, 0.1) is 0 Å². The molecule has 2 aromatic rings. The van der Waals surface area contributed by atoms with E-state index in [4.69, 9.17) is 0 Å². The van der Waals surface area contributed by atoms with Crippen LogP contribution in [0.3, 0.4) is 0 Å². The van der Waals surface area contributed by atoms with Gasteiger partial charge >= 0.3 is 0 Å². The molecule has 2 heterocycles. The van der Waals surface area contributed by atoms with E-state index in [0.29, 0.717) is 5.95 Å². The van der Waals surface area contributed by atoms with Crippen molar-refractivity contribution < 1.29 is 5.11 Å². The van der Waals surface area contributed by atoms with Crippen molar-refractivity contribution in [3.8, 4) is 5.75 Å². The monoisotopic (exact) mass is 317 g/mol. The van der Waals surface area contributed by atoms with Crippen molar-refractivity contribution in [1.29, 1.82) is 0 Å². The number of rotatable bonds is 2. The van der Waals surface area contributed by atoms with Crippen LogP contribution in [0.5, 0.6) is 5.75 Å². The first kappa shape index (κ1) is 14.8. The number of hydrogen-bond acceptors (Lipinski definition) is 4. The minimum Gasteiger partial charge on any atom is -0.508 e. The van der Waals surface area contributed by atoms with Gasteiger partial charge in [0.1, 0.15) is 5.75 Å². The summed E-state index contributed by atoms with van der Waals surface area (Å²) in [7, 11) is 1.93. The van der Waals surface area contributed by atoms with E-state index in [1.807, 2.05) is 41.7 Å². The molecule has 0 spiro atoms. The molecule has 0 saturated carbocycles. The Balaban J connectivity index is 1.86. The third-order valence-corrected chi connectivity index (χ3v) is 4.38. The van der Waals surface area contributed by atoms with Crippen LogP contribution in [0.4, 0.5) is 11.6 Å². The molecule has 0 amide bonds. The van der Waals surface area contributed by atoms with E-state index in [-0.39, 0.29) is 5.75 Å². The standard InChI is InChI=1S/C15H19N5OS/c1-19-7-6-16-14(19)18-15(20-8-10-22-11-9-20)17-12-2-4-13(21)5-3-12/h2-7,21H,8-11H2,1H3,(H,16,17,18). The molecule has 3 rings (SSSR count). The highest BCUT2D eigenvalue weighted by Gasteiger charge is 2.16. The van der Waals surface area contributed by atoms with Crippen molar-refractivity contribution in [1.82, 2.24) is 14.5 Å². The number of nitrogens with zero attached hydrogens (tertiary/aromatic N) is 4. The number of imidazole rings is 1. The molecule has 2 N–H and O–H groups in total. The fourth-order valence-electron chi connectivity index (χ4n) is 2.19. The quantitative estimate of drug-likeness (QED) is 0.505. The number of nitrogens with one attached hydrogen (secondary N) is 1. The van der Waals surface area contributed by atoms with Gasteiger partial charge in [0.05, 0.1) is 0 Å². The molecule has 22 heavy (non-hydrogen) atoms. The number of aryl methyl sites for hydroxylation is 1. The normalized spacial score (nSPS) is 15.9. The molecule has 7 heteroatoms. The minimum absolute atomic E-state index is 0.252. The van der Waals surface area contributed by atoms with Crippen molar-refractivity contribution in [2.24, 2.45) is 12.0 Å². The van der Waals surface area contributed by atoms with Crippen LogP contribution in [0.15, 0.2) is 41.7 Å². The van der Waals surface area contributed by atoms with Gasteiger partial charge in [0.15, 0.2) is 0 Å². The van der Waals surface area contributed by atoms with Crippen molar-refractivity contribution >= 4 is 29.4 Å². The third kappa shape index (κ3) is 3.54. The Kier molecular flexibility index (Phi) is 4.53. The number of aromatic nitrogens is 2. The Labute approximate surface area is 133 Å². The molecule has 0 radical (unpaired) electrons. The van der Waals surface area contributed by atoms with Crippen LogP contribution in [0.25, 0.3) is 0 Å². The van der Waals surface area contributed by atoms with Crippen molar-refractivity contribution in [2.45, 2.75) is 0 Å². The van der Waals surface area contributed by atoms with E-state index in [1.165, 1.54) is 0 Å². The van der Waals surface area contributed by atoms with Gasteiger partial charge in [-0.05, 0) is 24.3 Å². The summed E-state index contributed by atoms with van der Waals surface area (Å²) >= 11 is 1.96. The number of aromatic hydroxyl groups is 1. The summed E-state index contributed by atoms with van der Waals surface area (Å²) in [6, 6.07) is 6.99. The highest BCUT2D eigenvalue weighted by Crippen LogP contribution is 2.17. The Hall–Kier alpha value is -2.15. The second-order valence-electron chi connectivity index (χ2n) is 5.04. The molecule has 1 aliphatic heterocycles. The van der Waals surface area contributed by atoms with E-state index in [0.717, 1.165) is 36.2 Å². The van der Waals surface area contributed by atoms with Gasteiger partial charge in [-0.15, -0.1) is 0 Å². The number of phenols is 1. The van der Waals surface area contributed by atoms with Gasteiger partial charge in [-0.2, -0.15) is 16.8 Å². The fraction of sp³-hybridized carbons (Fsp3) is 0.333. The number of hydrogen-bond donors (Lipinski definition) is 2. The Morgan fingerprint density at radius 2 is 2.00 bits per heavy atom. The lowest BCUT2D eigenvalue weighted by atomic mass is 10.3. The first-order valence-electron chi connectivity index (χ1n) is 7.17. The second kappa shape index (κ2) is 6.74. The molecule has 1 aromatic carbocycles. The SMILES string of the molecule is Cn1ccnc1N=C(Nc1ccc(O)cc1)N1CCSCC1. The van der Waals surface area contributed by atoms with Gasteiger partial charge in [0.25, 0.3) is 0 Å². The zero-order valence-corrected chi connectivity index (χ0v) is 13.3. The predicted octanol–water partition coefficient (Wildman–Crippen LogP) is 2.27. The Morgan fingerprint density at radius 3 is 2.64 bits per heavy atom. The summed E-state index contributed by atoms with van der Waals surface area (Å²) in [5.41, 5.74) is 0.893. The van der Waals surface area contributed by atoms with Crippen molar-refractivity contribution in [3.63, 3.8) is 0 Å². The number of phenolic OH excluding ortho intramolecular Hbond substituents is 1. The number of benzene rings is 1. The molecular formula is C15H19N5OS. The average molecular weight is 317 g/mol. The molecule has 1 aromatic heterocycles. The second-order valence-corrected chi connectivity index (χ2v) is 6.27. The van der Waals surface area contributed by atoms with Crippen LogP contribution >= 0.6 is 11.8 Å². The molecule has 1 saturated heterocycles. The van der Waals surface area contributed by atoms with Gasteiger partial charge in [0, 0.05) is 49.7 Å². The van der Waals surface area contributed by atoms with E-state index >= 15 is 0 Å². The van der Waals surface area contributed by atoms with Crippen LogP contribution in [0.1, 0.15) is 0 Å². The Morgan fingerprint density at radius 1 is 1.27 bits per heavy atom. The van der Waals surface area contributed by atoms with Gasteiger partial charge in [-0.25, -0.2) is 4.98 Å². The van der Waals surface area contributed by atoms with E-state index in [2.05, 4.69) is 20.2 Å². The highest BCUT2D eigenvalue weighted by molar-refractivity contribution is 7.99. The van der Waals surface area contributed by atoms with Gasteiger partial charge in [-0.1, -0.05) is 0 Å². The van der Waals surface area contributed by atoms with Crippen LogP contribution < -0.4 is 5.32 Å². The predicted molar refractivity (Wildman–Crippen MR) is 90.9 cm³/mol. The largest absolute Gasteiger partial charge is 0.508 e. The smallest absolute Gasteiger partial charge is 0.232 e. The van der Waals surface area contributed by atoms with Gasteiger partial charge in [0.2, 0.25) is 11.9 Å². The molecule has 0 unspecified atom stereocenters. The molecule has 1 aliphatic rings. The lowest BCUT2D eigenvalue weighted by Crippen LogP contribution is -2.41. The number of anilines is 1. The van der Waals surface area contributed by atoms with E-state index in [1.54, 1.807) is 18.3 Å². The van der Waals surface area contributed by atoms with Crippen molar-refractivity contribution in [3.05, 3.63) is 36.7 Å². The first-order valence-corrected chi connectivity index (χ1v) is 8.32. The van der Waals surface area contributed by atoms with Crippen LogP contribution in [-0.2, 0) is 7.05 Å². The summed E-state index contributed by atoms with van der Waals surface area (Å²) in [6.45, 7) is 1.91. The average Bonchev–Trinajstić information content (AvgIpc) is 2.95. The molecule has 6 nitrogen and oxygen atoms in total. The fourth-order valence-corrected chi connectivity index (χ4v) is 3.09. The summed E-state index contributed by atoms with van der Waals surface area (Å²) in [5, 5.41) is 12.7. The summed E-state index contributed by atoms with van der Waals surface area (Å²) in [5.74, 6) is 3.90. The van der Waals surface area contributed by atoms with E-state index < -0.39 is 0 Å². The Bertz CT molecular complexity index is 646. The number of guanidine groups is 1. The molecule has 0 aliphatic carbocycles. The third-order valence-electron chi connectivity index (χ3n) is 3.44. The van der Waals surface area contributed by atoms with Crippen LogP contribution in [0.2, 0.25) is 0 Å². The lowest BCUT2D eigenvalue weighted by molar-refractivity contribution is 0.461. The first-order chi connectivity index (χ1) is 10.7. The summed E-state index contributed by atoms with van der Waals surface area (Å²) in [6.07, 6.45) is 3.62. The maximum atomic E-state index is 9.40. The molecule has 116 valence electrons. The maximum Gasteiger partial charge on any atom is 0.232 e. The molecule has 1 fully saturated rings. The zero-order valence-electron chi connectivity index (χ0n) is 12.4.